The first-order valence-electron chi connectivity index (χ1n) is 4.56. The van der Waals surface area contributed by atoms with Crippen LogP contribution in [0.3, 0.4) is 0 Å². The number of ether oxygens (including phenoxy) is 1. The van der Waals surface area contributed by atoms with Crippen LogP contribution in [0.15, 0.2) is 11.2 Å². The van der Waals surface area contributed by atoms with Crippen LogP contribution in [0, 0.1) is 0 Å². The highest BCUT2D eigenvalue weighted by Gasteiger charge is 2.26. The minimum Gasteiger partial charge on any atom is -0.462 e. The molecule has 0 atom stereocenters. The van der Waals surface area contributed by atoms with Gasteiger partial charge in [0.1, 0.15) is 5.56 Å². The van der Waals surface area contributed by atoms with Crippen molar-refractivity contribution >= 4 is 16.0 Å². The van der Waals surface area contributed by atoms with Gasteiger partial charge in [0.25, 0.3) is 10.0 Å². The number of esters is 1. The molecule has 7 nitrogen and oxygen atoms in total. The zero-order valence-corrected chi connectivity index (χ0v) is 10.0. The Balaban J connectivity index is 3.29. The summed E-state index contributed by atoms with van der Waals surface area (Å²) in [6, 6.07) is 0. The number of aromatic nitrogens is 2. The maximum absolute atomic E-state index is 11.6. The van der Waals surface area contributed by atoms with Crippen molar-refractivity contribution in [2.45, 2.75) is 11.9 Å². The smallest absolute Gasteiger partial charge is 0.342 e. The fourth-order valence-electron chi connectivity index (χ4n) is 1.19. The molecule has 0 saturated carbocycles. The SMILES string of the molecule is CCOC(=O)c1cnn(C)c1S(=O)(=O)NC. The van der Waals surface area contributed by atoms with Crippen molar-refractivity contribution < 1.29 is 17.9 Å². The summed E-state index contributed by atoms with van der Waals surface area (Å²) >= 11 is 0. The van der Waals surface area contributed by atoms with Gasteiger partial charge in [-0.05, 0) is 14.0 Å². The van der Waals surface area contributed by atoms with Crippen LogP contribution in [0.25, 0.3) is 0 Å². The molecule has 0 bridgehead atoms. The van der Waals surface area contributed by atoms with Crippen LogP contribution in [0.5, 0.6) is 0 Å². The Labute approximate surface area is 93.4 Å². The van der Waals surface area contributed by atoms with Gasteiger partial charge in [0, 0.05) is 7.05 Å². The van der Waals surface area contributed by atoms with Crippen molar-refractivity contribution in [1.29, 1.82) is 0 Å². The number of carbonyl (C=O) groups excluding carboxylic acids is 1. The predicted molar refractivity (Wildman–Crippen MR) is 55.4 cm³/mol. The molecule has 0 aliphatic heterocycles. The van der Waals surface area contributed by atoms with Gasteiger partial charge < -0.3 is 4.74 Å². The number of carbonyl (C=O) groups is 1. The molecule has 0 unspecified atom stereocenters. The van der Waals surface area contributed by atoms with Crippen molar-refractivity contribution in [2.75, 3.05) is 13.7 Å². The largest absolute Gasteiger partial charge is 0.462 e. The minimum atomic E-state index is -3.73. The molecule has 1 aromatic rings. The van der Waals surface area contributed by atoms with Gasteiger partial charge in [-0.15, -0.1) is 0 Å². The lowest BCUT2D eigenvalue weighted by molar-refractivity contribution is 0.0521. The number of sulfonamides is 1. The van der Waals surface area contributed by atoms with Crippen molar-refractivity contribution in [3.63, 3.8) is 0 Å². The van der Waals surface area contributed by atoms with Crippen molar-refractivity contribution in [2.24, 2.45) is 7.05 Å². The minimum absolute atomic E-state index is 0.0706. The van der Waals surface area contributed by atoms with Crippen LogP contribution < -0.4 is 4.72 Å². The molecule has 8 heteroatoms. The Kier molecular flexibility index (Phi) is 3.66. The monoisotopic (exact) mass is 247 g/mol. The van der Waals surface area contributed by atoms with Gasteiger partial charge in [-0.1, -0.05) is 0 Å². The van der Waals surface area contributed by atoms with E-state index in [1.54, 1.807) is 6.92 Å². The Morgan fingerprint density at radius 1 is 1.62 bits per heavy atom. The molecule has 90 valence electrons. The van der Waals surface area contributed by atoms with Crippen LogP contribution in [0.4, 0.5) is 0 Å². The Hall–Kier alpha value is -1.41. The third-order valence-electron chi connectivity index (χ3n) is 1.90. The van der Waals surface area contributed by atoms with E-state index in [0.29, 0.717) is 0 Å². The van der Waals surface area contributed by atoms with E-state index in [2.05, 4.69) is 9.82 Å². The number of nitrogens with one attached hydrogen (secondary N) is 1. The van der Waals surface area contributed by atoms with Gasteiger partial charge in [0.15, 0.2) is 5.03 Å². The fraction of sp³-hybridized carbons (Fsp3) is 0.500. The summed E-state index contributed by atoms with van der Waals surface area (Å²) in [4.78, 5) is 11.5. The Bertz CT molecular complexity index is 491. The van der Waals surface area contributed by atoms with Gasteiger partial charge in [-0.2, -0.15) is 5.10 Å². The zero-order chi connectivity index (χ0) is 12.3. The van der Waals surface area contributed by atoms with Crippen LogP contribution in [-0.4, -0.2) is 37.8 Å². The van der Waals surface area contributed by atoms with E-state index in [1.165, 1.54) is 20.3 Å². The number of hydrogen-bond donors (Lipinski definition) is 1. The molecular formula is C8H13N3O4S. The van der Waals surface area contributed by atoms with Gasteiger partial charge in [-0.3, -0.25) is 4.68 Å². The van der Waals surface area contributed by atoms with E-state index in [1.807, 2.05) is 0 Å². The summed E-state index contributed by atoms with van der Waals surface area (Å²) in [6.45, 7) is 1.81. The van der Waals surface area contributed by atoms with E-state index < -0.39 is 16.0 Å². The molecule has 0 aliphatic rings. The second kappa shape index (κ2) is 4.62. The van der Waals surface area contributed by atoms with E-state index in [9.17, 15) is 13.2 Å². The lowest BCUT2D eigenvalue weighted by atomic mass is 10.4. The summed E-state index contributed by atoms with van der Waals surface area (Å²) in [6.07, 6.45) is 1.17. The van der Waals surface area contributed by atoms with E-state index in [0.717, 1.165) is 4.68 Å². The molecule has 0 aromatic carbocycles. The highest BCUT2D eigenvalue weighted by atomic mass is 32.2. The van der Waals surface area contributed by atoms with Crippen LogP contribution in [0.2, 0.25) is 0 Å². The number of rotatable bonds is 4. The van der Waals surface area contributed by atoms with Crippen LogP contribution in [-0.2, 0) is 21.8 Å². The topological polar surface area (TPSA) is 90.3 Å². The van der Waals surface area contributed by atoms with E-state index in [-0.39, 0.29) is 17.2 Å². The fourth-order valence-corrected chi connectivity index (χ4v) is 2.20. The third-order valence-corrected chi connectivity index (χ3v) is 3.43. The first kappa shape index (κ1) is 12.7. The third kappa shape index (κ3) is 2.22. The molecular weight excluding hydrogens is 234 g/mol. The first-order valence-corrected chi connectivity index (χ1v) is 6.05. The molecule has 1 heterocycles. The van der Waals surface area contributed by atoms with E-state index in [4.69, 9.17) is 4.74 Å². The van der Waals surface area contributed by atoms with Crippen molar-refractivity contribution in [1.82, 2.24) is 14.5 Å². The summed E-state index contributed by atoms with van der Waals surface area (Å²) in [7, 11) is -1.03. The molecule has 1 rings (SSSR count). The maximum atomic E-state index is 11.6. The van der Waals surface area contributed by atoms with Crippen molar-refractivity contribution in [3.8, 4) is 0 Å². The second-order valence-electron chi connectivity index (χ2n) is 2.92. The average molecular weight is 247 g/mol. The zero-order valence-electron chi connectivity index (χ0n) is 9.22. The number of nitrogens with zero attached hydrogens (tertiary/aromatic N) is 2. The van der Waals surface area contributed by atoms with Crippen LogP contribution >= 0.6 is 0 Å². The molecule has 0 aliphatic carbocycles. The van der Waals surface area contributed by atoms with Crippen molar-refractivity contribution in [3.05, 3.63) is 11.8 Å². The number of aryl methyl sites for hydroxylation is 1. The predicted octanol–water partition coefficient (Wildman–Crippen LogP) is -0.495. The lowest BCUT2D eigenvalue weighted by Crippen LogP contribution is -2.24. The molecule has 0 fully saturated rings. The molecule has 0 radical (unpaired) electrons. The summed E-state index contributed by atoms with van der Waals surface area (Å²) < 4.78 is 31.2. The molecule has 1 N–H and O–H groups in total. The first-order chi connectivity index (χ1) is 7.44. The quantitative estimate of drug-likeness (QED) is 0.725. The normalized spacial score (nSPS) is 11.4. The van der Waals surface area contributed by atoms with Gasteiger partial charge >= 0.3 is 5.97 Å². The number of hydrogen-bond acceptors (Lipinski definition) is 5. The van der Waals surface area contributed by atoms with Crippen LogP contribution in [0.1, 0.15) is 17.3 Å². The molecule has 0 spiro atoms. The highest BCUT2D eigenvalue weighted by Crippen LogP contribution is 2.15. The van der Waals surface area contributed by atoms with Gasteiger partial charge in [0.05, 0.1) is 12.8 Å². The average Bonchev–Trinajstić information content (AvgIpc) is 2.61. The summed E-state index contributed by atoms with van der Waals surface area (Å²) in [5, 5.41) is 3.53. The van der Waals surface area contributed by atoms with E-state index >= 15 is 0 Å². The van der Waals surface area contributed by atoms with Gasteiger partial charge in [0.2, 0.25) is 0 Å². The van der Waals surface area contributed by atoms with Gasteiger partial charge in [-0.25, -0.2) is 17.9 Å². The molecule has 0 amide bonds. The Morgan fingerprint density at radius 2 is 2.25 bits per heavy atom. The maximum Gasteiger partial charge on any atom is 0.342 e. The molecule has 16 heavy (non-hydrogen) atoms. The Morgan fingerprint density at radius 3 is 2.75 bits per heavy atom. The molecule has 1 aromatic heterocycles. The highest BCUT2D eigenvalue weighted by molar-refractivity contribution is 7.89. The second-order valence-corrected chi connectivity index (χ2v) is 4.72. The summed E-state index contributed by atoms with van der Waals surface area (Å²) in [5.41, 5.74) is -0.0706. The summed E-state index contributed by atoms with van der Waals surface area (Å²) in [5.74, 6) is -0.704. The molecule has 0 saturated heterocycles. The standard InChI is InChI=1S/C8H13N3O4S/c1-4-15-8(12)6-5-10-11(3)7(6)16(13,14)9-2/h5,9H,4H2,1-3H3. The lowest BCUT2D eigenvalue weighted by Gasteiger charge is -2.05.